The number of amides is 1. The third-order valence-electron chi connectivity index (χ3n) is 2.12. The summed E-state index contributed by atoms with van der Waals surface area (Å²) in [4.78, 5) is 23.0. The maximum absolute atomic E-state index is 11.8. The van der Waals surface area contributed by atoms with Gasteiger partial charge in [-0.05, 0) is 18.2 Å². The zero-order valence-corrected chi connectivity index (χ0v) is 9.34. The second-order valence-corrected chi connectivity index (χ2v) is 3.77. The minimum absolute atomic E-state index is 0.00507. The number of nitrogen functional groups attached to an aromatic ring is 1. The molecule has 0 atom stereocenters. The van der Waals surface area contributed by atoms with Crippen LogP contribution >= 0.6 is 11.6 Å². The second kappa shape index (κ2) is 4.34. The smallest absolute Gasteiger partial charge is 0.279 e. The van der Waals surface area contributed by atoms with Gasteiger partial charge >= 0.3 is 0 Å². The standard InChI is InChI=1S/C10H9ClN4O2/c11-5-2-1-3-6(4-5)13-9(16)7-8(12)14-15-10(7)17/h1-4H,(H,13,16)(H4,12,14,15,17). The van der Waals surface area contributed by atoms with Gasteiger partial charge in [-0.2, -0.15) is 0 Å². The topological polar surface area (TPSA) is 104 Å². The van der Waals surface area contributed by atoms with Gasteiger partial charge < -0.3 is 11.1 Å². The van der Waals surface area contributed by atoms with E-state index in [9.17, 15) is 9.59 Å². The lowest BCUT2D eigenvalue weighted by Crippen LogP contribution is -2.20. The van der Waals surface area contributed by atoms with E-state index in [-0.39, 0.29) is 11.4 Å². The number of aromatic amines is 2. The molecule has 2 aromatic rings. The third kappa shape index (κ3) is 2.31. The predicted octanol–water partition coefficient (Wildman–Crippen LogP) is 1.19. The van der Waals surface area contributed by atoms with Crippen molar-refractivity contribution >= 4 is 29.0 Å². The highest BCUT2D eigenvalue weighted by molar-refractivity contribution is 6.31. The van der Waals surface area contributed by atoms with Crippen LogP contribution in [0.25, 0.3) is 0 Å². The van der Waals surface area contributed by atoms with Crippen LogP contribution in [0.5, 0.6) is 0 Å². The van der Waals surface area contributed by atoms with Crippen LogP contribution in [-0.4, -0.2) is 16.1 Å². The van der Waals surface area contributed by atoms with E-state index < -0.39 is 11.5 Å². The highest BCUT2D eigenvalue weighted by atomic mass is 35.5. The van der Waals surface area contributed by atoms with E-state index >= 15 is 0 Å². The largest absolute Gasteiger partial charge is 0.383 e. The van der Waals surface area contributed by atoms with Crippen molar-refractivity contribution in [3.05, 3.63) is 45.2 Å². The zero-order valence-electron chi connectivity index (χ0n) is 8.58. The summed E-state index contributed by atoms with van der Waals surface area (Å²) in [5.41, 5.74) is 5.22. The number of aromatic nitrogens is 2. The molecule has 7 heteroatoms. The monoisotopic (exact) mass is 252 g/mol. The Hall–Kier alpha value is -2.21. The van der Waals surface area contributed by atoms with E-state index in [0.717, 1.165) is 0 Å². The van der Waals surface area contributed by atoms with Gasteiger partial charge in [0, 0.05) is 10.7 Å². The van der Waals surface area contributed by atoms with E-state index in [2.05, 4.69) is 15.5 Å². The van der Waals surface area contributed by atoms with Gasteiger partial charge in [0.2, 0.25) is 0 Å². The summed E-state index contributed by atoms with van der Waals surface area (Å²) in [5.74, 6) is -0.596. The number of H-pyrrole nitrogens is 2. The zero-order chi connectivity index (χ0) is 12.4. The molecule has 0 spiro atoms. The first-order valence-electron chi connectivity index (χ1n) is 4.71. The summed E-state index contributed by atoms with van der Waals surface area (Å²) in [6, 6.07) is 6.58. The molecule has 88 valence electrons. The number of hydrogen-bond acceptors (Lipinski definition) is 3. The summed E-state index contributed by atoms with van der Waals surface area (Å²) in [5, 5.41) is 7.60. The molecule has 5 N–H and O–H groups in total. The molecule has 0 fully saturated rings. The van der Waals surface area contributed by atoms with Crippen molar-refractivity contribution in [1.29, 1.82) is 0 Å². The number of nitrogens with two attached hydrogens (primary N) is 1. The number of rotatable bonds is 2. The van der Waals surface area contributed by atoms with Crippen molar-refractivity contribution in [2.24, 2.45) is 0 Å². The van der Waals surface area contributed by atoms with Gasteiger partial charge in [-0.15, -0.1) is 0 Å². The molecule has 2 rings (SSSR count). The van der Waals surface area contributed by atoms with Gasteiger partial charge in [0.15, 0.2) is 0 Å². The number of anilines is 2. The molecular formula is C10H9ClN4O2. The Morgan fingerprint density at radius 2 is 2.12 bits per heavy atom. The van der Waals surface area contributed by atoms with E-state index in [4.69, 9.17) is 17.3 Å². The van der Waals surface area contributed by atoms with Crippen molar-refractivity contribution in [2.75, 3.05) is 11.1 Å². The van der Waals surface area contributed by atoms with Crippen LogP contribution in [0.4, 0.5) is 11.5 Å². The second-order valence-electron chi connectivity index (χ2n) is 3.33. The van der Waals surface area contributed by atoms with Crippen LogP contribution in [0.15, 0.2) is 29.1 Å². The summed E-state index contributed by atoms with van der Waals surface area (Å²) in [7, 11) is 0. The van der Waals surface area contributed by atoms with E-state index in [1.165, 1.54) is 0 Å². The number of carbonyl (C=O) groups excluding carboxylic acids is 1. The van der Waals surface area contributed by atoms with Gasteiger partial charge in [0.1, 0.15) is 11.4 Å². The third-order valence-corrected chi connectivity index (χ3v) is 2.35. The minimum Gasteiger partial charge on any atom is -0.383 e. The van der Waals surface area contributed by atoms with Crippen LogP contribution in [0, 0.1) is 0 Å². The van der Waals surface area contributed by atoms with Crippen molar-refractivity contribution in [2.45, 2.75) is 0 Å². The Balaban J connectivity index is 2.26. The van der Waals surface area contributed by atoms with Gasteiger partial charge in [0.05, 0.1) is 0 Å². The van der Waals surface area contributed by atoms with E-state index in [0.29, 0.717) is 10.7 Å². The molecule has 0 radical (unpaired) electrons. The molecule has 1 aromatic carbocycles. The molecule has 1 heterocycles. The van der Waals surface area contributed by atoms with Gasteiger partial charge in [0.25, 0.3) is 11.5 Å². The first kappa shape index (κ1) is 11.3. The molecule has 0 saturated heterocycles. The molecule has 1 aromatic heterocycles. The Bertz CT molecular complexity index is 617. The molecular weight excluding hydrogens is 244 g/mol. The molecule has 0 unspecified atom stereocenters. The maximum atomic E-state index is 11.8. The van der Waals surface area contributed by atoms with Crippen LogP contribution in [0.3, 0.4) is 0 Å². The SMILES string of the molecule is Nc1[nH][nH]c(=O)c1C(=O)Nc1cccc(Cl)c1. The molecule has 0 aliphatic heterocycles. The van der Waals surface area contributed by atoms with Crippen molar-refractivity contribution in [3.8, 4) is 0 Å². The molecule has 0 bridgehead atoms. The Morgan fingerprint density at radius 1 is 1.35 bits per heavy atom. The highest BCUT2D eigenvalue weighted by Crippen LogP contribution is 2.15. The predicted molar refractivity (Wildman–Crippen MR) is 65.2 cm³/mol. The average molecular weight is 253 g/mol. The number of halogens is 1. The normalized spacial score (nSPS) is 10.2. The average Bonchev–Trinajstić information content (AvgIpc) is 2.58. The Labute approximate surface area is 101 Å². The first-order chi connectivity index (χ1) is 8.08. The molecule has 17 heavy (non-hydrogen) atoms. The number of carbonyl (C=O) groups is 1. The summed E-state index contributed by atoms with van der Waals surface area (Å²) in [6.45, 7) is 0. The molecule has 1 amide bonds. The lowest BCUT2D eigenvalue weighted by Gasteiger charge is -2.03. The van der Waals surface area contributed by atoms with Crippen LogP contribution in [-0.2, 0) is 0 Å². The fourth-order valence-corrected chi connectivity index (χ4v) is 1.55. The fourth-order valence-electron chi connectivity index (χ4n) is 1.36. The number of hydrogen-bond donors (Lipinski definition) is 4. The molecule has 0 aliphatic carbocycles. The summed E-state index contributed by atoms with van der Waals surface area (Å²) < 4.78 is 0. The fraction of sp³-hybridized carbons (Fsp3) is 0. The van der Waals surface area contributed by atoms with E-state index in [1.807, 2.05) is 0 Å². The Morgan fingerprint density at radius 3 is 2.71 bits per heavy atom. The first-order valence-corrected chi connectivity index (χ1v) is 5.09. The number of benzene rings is 1. The quantitative estimate of drug-likeness (QED) is 0.645. The van der Waals surface area contributed by atoms with Crippen LogP contribution < -0.4 is 16.6 Å². The van der Waals surface area contributed by atoms with Gasteiger partial charge in [-0.3, -0.25) is 19.8 Å². The van der Waals surface area contributed by atoms with E-state index in [1.54, 1.807) is 24.3 Å². The Kier molecular flexibility index (Phi) is 2.88. The van der Waals surface area contributed by atoms with Crippen LogP contribution in [0.1, 0.15) is 10.4 Å². The van der Waals surface area contributed by atoms with Gasteiger partial charge in [-0.25, -0.2) is 0 Å². The highest BCUT2D eigenvalue weighted by Gasteiger charge is 2.16. The maximum Gasteiger partial charge on any atom is 0.279 e. The lowest BCUT2D eigenvalue weighted by molar-refractivity contribution is 0.102. The molecule has 0 aliphatic rings. The minimum atomic E-state index is -0.590. The number of nitrogens with one attached hydrogen (secondary N) is 3. The van der Waals surface area contributed by atoms with Gasteiger partial charge in [-0.1, -0.05) is 17.7 Å². The lowest BCUT2D eigenvalue weighted by atomic mass is 10.2. The molecule has 0 saturated carbocycles. The van der Waals surface area contributed by atoms with Crippen LogP contribution in [0.2, 0.25) is 5.02 Å². The summed E-state index contributed by atoms with van der Waals surface area (Å²) >= 11 is 5.77. The van der Waals surface area contributed by atoms with Crippen molar-refractivity contribution < 1.29 is 4.79 Å². The van der Waals surface area contributed by atoms with Crippen molar-refractivity contribution in [1.82, 2.24) is 10.2 Å². The van der Waals surface area contributed by atoms with Crippen molar-refractivity contribution in [3.63, 3.8) is 0 Å². The summed E-state index contributed by atoms with van der Waals surface area (Å²) in [6.07, 6.45) is 0. The molecule has 6 nitrogen and oxygen atoms in total.